The minimum absolute atomic E-state index is 0.0969. The van der Waals surface area contributed by atoms with Gasteiger partial charge in [-0.15, -0.1) is 11.3 Å². The molecule has 0 bridgehead atoms. The van der Waals surface area contributed by atoms with E-state index in [2.05, 4.69) is 35.9 Å². The Hall–Kier alpha value is -4.03. The van der Waals surface area contributed by atoms with E-state index < -0.39 is 12.1 Å². The van der Waals surface area contributed by atoms with Crippen molar-refractivity contribution < 1.29 is 13.9 Å². The second-order valence-corrected chi connectivity index (χ2v) is 12.9. The van der Waals surface area contributed by atoms with Crippen molar-refractivity contribution in [2.45, 2.75) is 56.3 Å². The Morgan fingerprint density at radius 3 is 2.81 bits per heavy atom. The lowest BCUT2D eigenvalue weighted by Crippen LogP contribution is -2.59. The van der Waals surface area contributed by atoms with Crippen molar-refractivity contribution in [1.82, 2.24) is 29.6 Å². The summed E-state index contributed by atoms with van der Waals surface area (Å²) >= 11 is 1.53. The van der Waals surface area contributed by atoms with Crippen molar-refractivity contribution >= 4 is 34.1 Å². The van der Waals surface area contributed by atoms with Gasteiger partial charge in [0.2, 0.25) is 11.9 Å². The molecule has 3 fully saturated rings. The first-order valence-electron chi connectivity index (χ1n) is 14.4. The minimum atomic E-state index is -0.581. The molecule has 0 radical (unpaired) electrons. The standard InChI is InChI=1S/C21H24N10O2S.C7H12FN/c1-29(8-11-6-13(16(23)32)28-30(11)2)18-25-19(27-20(26-18)33-3)31-9-21(10-31)5-4-14-15(21)12(7-22)17(24)34-14;8-6-4-7-2-1-3-9(7)5-6/h6H,4-5,8-10,24H2,1-3H3,(H2,23,32);6-7H,1-5H2. The zero-order valence-electron chi connectivity index (χ0n) is 24.6. The van der Waals surface area contributed by atoms with Crippen LogP contribution in [0.4, 0.5) is 21.3 Å². The highest BCUT2D eigenvalue weighted by Crippen LogP contribution is 2.52. The quantitative estimate of drug-likeness (QED) is 0.418. The second-order valence-electron chi connectivity index (χ2n) is 11.8. The third-order valence-electron chi connectivity index (χ3n) is 8.95. The molecule has 4 N–H and O–H groups in total. The SMILES string of the molecule is COc1nc(N(C)Cc2cc(C(N)=O)nn2C)nc(N2CC3(CCc4sc(N)c(C#N)c43)C2)n1.FC1CC2CCCN2C1. The Morgan fingerprint density at radius 2 is 2.14 bits per heavy atom. The van der Waals surface area contributed by atoms with Gasteiger partial charge in [-0.3, -0.25) is 14.4 Å². The Bertz CT molecular complexity index is 1570. The molecule has 3 aromatic heterocycles. The van der Waals surface area contributed by atoms with Gasteiger partial charge in [-0.05, 0) is 50.3 Å². The van der Waals surface area contributed by atoms with Crippen molar-refractivity contribution in [3.8, 4) is 12.1 Å². The predicted molar refractivity (Wildman–Crippen MR) is 160 cm³/mol. The van der Waals surface area contributed by atoms with E-state index in [1.807, 2.05) is 11.9 Å². The molecule has 2 unspecified atom stereocenters. The fourth-order valence-electron chi connectivity index (χ4n) is 6.82. The highest BCUT2D eigenvalue weighted by molar-refractivity contribution is 7.16. The van der Waals surface area contributed by atoms with Crippen LogP contribution in [0.15, 0.2) is 6.07 Å². The molecular weight excluding hydrogens is 573 g/mol. The molecule has 2 atom stereocenters. The van der Waals surface area contributed by atoms with Gasteiger partial charge in [-0.25, -0.2) is 4.39 Å². The Balaban J connectivity index is 0.000000310. The first-order valence-corrected chi connectivity index (χ1v) is 15.2. The van der Waals surface area contributed by atoms with E-state index >= 15 is 0 Å². The van der Waals surface area contributed by atoms with Crippen molar-refractivity contribution in [3.05, 3.63) is 33.5 Å². The number of carbonyl (C=O) groups excluding carboxylic acids is 1. The average Bonchev–Trinajstić information content (AvgIpc) is 3.76. The molecule has 15 heteroatoms. The minimum Gasteiger partial charge on any atom is -0.467 e. The van der Waals surface area contributed by atoms with Crippen LogP contribution in [0.1, 0.15) is 57.9 Å². The molecule has 0 saturated carbocycles. The number of hydrogen-bond acceptors (Lipinski definition) is 12. The first-order chi connectivity index (χ1) is 20.6. The van der Waals surface area contributed by atoms with Gasteiger partial charge in [0.1, 0.15) is 22.9 Å². The number of carbonyl (C=O) groups is 1. The number of alkyl halides is 1. The Kier molecular flexibility index (Phi) is 7.59. The van der Waals surface area contributed by atoms with Gasteiger partial charge in [0.25, 0.3) is 5.91 Å². The Morgan fingerprint density at radius 1 is 1.35 bits per heavy atom. The number of fused-ring (bicyclic) bond motifs is 3. The number of nitriles is 1. The summed E-state index contributed by atoms with van der Waals surface area (Å²) in [6, 6.07) is 4.76. The molecule has 13 nitrogen and oxygen atoms in total. The molecule has 7 rings (SSSR count). The lowest BCUT2D eigenvalue weighted by molar-refractivity contribution is 0.0995. The third-order valence-corrected chi connectivity index (χ3v) is 10.0. The van der Waals surface area contributed by atoms with Crippen LogP contribution in [-0.2, 0) is 25.4 Å². The summed E-state index contributed by atoms with van der Waals surface area (Å²) in [5, 5.41) is 14.4. The first kappa shape index (κ1) is 29.1. The summed E-state index contributed by atoms with van der Waals surface area (Å²) in [6.45, 7) is 3.65. The van der Waals surface area contributed by atoms with Crippen LogP contribution in [-0.4, -0.2) is 88.1 Å². The largest absolute Gasteiger partial charge is 0.467 e. The van der Waals surface area contributed by atoms with Crippen LogP contribution in [0, 0.1) is 11.3 Å². The number of methoxy groups -OCH3 is 1. The number of aromatic nitrogens is 5. The number of rotatable bonds is 6. The van der Waals surface area contributed by atoms with Crippen molar-refractivity contribution in [1.29, 1.82) is 5.26 Å². The Labute approximate surface area is 253 Å². The summed E-state index contributed by atoms with van der Waals surface area (Å²) in [6.07, 6.45) is 4.73. The third kappa shape index (κ3) is 5.33. The van der Waals surface area contributed by atoms with Gasteiger partial charge in [-0.2, -0.15) is 25.3 Å². The molecule has 4 aliphatic rings. The van der Waals surface area contributed by atoms with E-state index in [-0.39, 0.29) is 17.1 Å². The number of hydrogen-bond donors (Lipinski definition) is 2. The molecule has 1 aliphatic carbocycles. The number of aryl methyl sites for hydroxylation is 2. The fraction of sp³-hybridized carbons (Fsp3) is 0.571. The topological polar surface area (TPSA) is 168 Å². The number of nitrogens with two attached hydrogens (primary N) is 2. The van der Waals surface area contributed by atoms with Crippen LogP contribution in [0.5, 0.6) is 6.01 Å². The van der Waals surface area contributed by atoms with E-state index in [0.29, 0.717) is 54.7 Å². The summed E-state index contributed by atoms with van der Waals surface area (Å²) in [5.74, 6) is 0.355. The maximum Gasteiger partial charge on any atom is 0.322 e. The van der Waals surface area contributed by atoms with Crippen LogP contribution in [0.2, 0.25) is 0 Å². The predicted octanol–water partition coefficient (Wildman–Crippen LogP) is 1.76. The van der Waals surface area contributed by atoms with Gasteiger partial charge in [-0.1, -0.05) is 0 Å². The van der Waals surface area contributed by atoms with E-state index in [1.165, 1.54) is 36.2 Å². The lowest BCUT2D eigenvalue weighted by atomic mass is 9.74. The zero-order chi connectivity index (χ0) is 30.5. The molecule has 3 saturated heterocycles. The van der Waals surface area contributed by atoms with Crippen LogP contribution in [0.25, 0.3) is 0 Å². The van der Waals surface area contributed by atoms with E-state index in [1.54, 1.807) is 17.8 Å². The highest BCUT2D eigenvalue weighted by Gasteiger charge is 2.52. The van der Waals surface area contributed by atoms with Crippen LogP contribution in [0.3, 0.4) is 0 Å². The lowest BCUT2D eigenvalue weighted by Gasteiger charge is -2.48. The second kappa shape index (κ2) is 11.2. The van der Waals surface area contributed by atoms with Gasteiger partial charge in [0, 0.05) is 50.1 Å². The molecule has 1 amide bonds. The molecule has 43 heavy (non-hydrogen) atoms. The number of nitrogens with zero attached hydrogens (tertiary/aromatic N) is 9. The molecular formula is C28H36FN11O2S. The highest BCUT2D eigenvalue weighted by atomic mass is 32.1. The number of amides is 1. The summed E-state index contributed by atoms with van der Waals surface area (Å²) in [5.41, 5.74) is 14.0. The van der Waals surface area contributed by atoms with E-state index in [0.717, 1.165) is 37.1 Å². The molecule has 228 valence electrons. The van der Waals surface area contributed by atoms with Gasteiger partial charge >= 0.3 is 6.01 Å². The molecule has 3 aliphatic heterocycles. The van der Waals surface area contributed by atoms with Gasteiger partial charge in [0.15, 0.2) is 0 Å². The molecule has 1 spiro atoms. The zero-order valence-corrected chi connectivity index (χ0v) is 25.4. The van der Waals surface area contributed by atoms with E-state index in [4.69, 9.17) is 16.2 Å². The smallest absolute Gasteiger partial charge is 0.322 e. The number of thiophene rings is 1. The molecule has 0 aromatic carbocycles. The maximum atomic E-state index is 12.6. The monoisotopic (exact) mass is 609 g/mol. The summed E-state index contributed by atoms with van der Waals surface area (Å²) in [4.78, 5) is 32.4. The fourth-order valence-corrected chi connectivity index (χ4v) is 7.96. The maximum absolute atomic E-state index is 12.6. The van der Waals surface area contributed by atoms with Crippen molar-refractivity contribution in [2.24, 2.45) is 12.8 Å². The van der Waals surface area contributed by atoms with E-state index in [9.17, 15) is 14.4 Å². The number of primary amides is 1. The average molecular weight is 610 g/mol. The number of nitrogen functional groups attached to an aromatic ring is 1. The number of halogens is 1. The molecule has 6 heterocycles. The number of ether oxygens (including phenoxy) is 1. The summed E-state index contributed by atoms with van der Waals surface area (Å²) in [7, 11) is 5.10. The van der Waals surface area contributed by atoms with Gasteiger partial charge in [0.05, 0.1) is 24.9 Å². The van der Waals surface area contributed by atoms with Crippen LogP contribution >= 0.6 is 11.3 Å². The summed E-state index contributed by atoms with van der Waals surface area (Å²) < 4.78 is 19.5. The normalized spacial score (nSPS) is 21.5. The van der Waals surface area contributed by atoms with Crippen LogP contribution < -0.4 is 26.0 Å². The van der Waals surface area contributed by atoms with Crippen molar-refractivity contribution in [2.75, 3.05) is 55.9 Å². The molecule has 3 aromatic rings. The number of anilines is 3. The van der Waals surface area contributed by atoms with Gasteiger partial charge < -0.3 is 26.0 Å². The van der Waals surface area contributed by atoms with Crippen molar-refractivity contribution in [3.63, 3.8) is 0 Å².